The summed E-state index contributed by atoms with van der Waals surface area (Å²) in [5, 5.41) is 0.559. The molecule has 5 heteroatoms. The second-order valence-electron chi connectivity index (χ2n) is 6.14. The van der Waals surface area contributed by atoms with E-state index in [1.54, 1.807) is 37.7 Å². The van der Waals surface area contributed by atoms with Crippen molar-refractivity contribution in [2.75, 3.05) is 20.2 Å². The number of Topliss-reactive ketones (excluding diaryl/α,β-unsaturated/α-hetero) is 1. The number of pyridine rings is 1. The minimum Gasteiger partial charge on any atom is -0.496 e. The summed E-state index contributed by atoms with van der Waals surface area (Å²) in [6.07, 6.45) is 5.53. The average molecular weight is 345 g/mol. The molecule has 126 valence electrons. The summed E-state index contributed by atoms with van der Waals surface area (Å²) in [4.78, 5) is 19.3. The molecule has 0 saturated carbocycles. The normalized spacial score (nSPS) is 18.3. The van der Waals surface area contributed by atoms with Gasteiger partial charge in [0.05, 0.1) is 12.7 Å². The van der Waals surface area contributed by atoms with Gasteiger partial charge in [0.15, 0.2) is 5.78 Å². The van der Waals surface area contributed by atoms with Gasteiger partial charge in [0.1, 0.15) is 5.75 Å². The van der Waals surface area contributed by atoms with Gasteiger partial charge in [-0.1, -0.05) is 11.6 Å². The molecule has 2 heterocycles. The predicted octanol–water partition coefficient (Wildman–Crippen LogP) is 3.84. The number of methoxy groups -OCH3 is 1. The van der Waals surface area contributed by atoms with Crippen LogP contribution in [-0.4, -0.2) is 35.9 Å². The van der Waals surface area contributed by atoms with E-state index in [4.69, 9.17) is 16.3 Å². The predicted molar refractivity (Wildman–Crippen MR) is 94.6 cm³/mol. The van der Waals surface area contributed by atoms with Crippen LogP contribution in [0.3, 0.4) is 0 Å². The standard InChI is InChI=1S/C19H21ClN2O2/c1-24-18-5-4-16(20)11-17(18)19(23)15-3-2-10-22(13-15)12-14-6-8-21-9-7-14/h4-9,11,15H,2-3,10,12-13H2,1H3/t15-/m1/s1. The Hall–Kier alpha value is -1.91. The molecule has 0 unspecified atom stereocenters. The number of nitrogens with zero attached hydrogens (tertiary/aromatic N) is 2. The van der Waals surface area contributed by atoms with Gasteiger partial charge in [-0.25, -0.2) is 0 Å². The highest BCUT2D eigenvalue weighted by Crippen LogP contribution is 2.29. The zero-order chi connectivity index (χ0) is 16.9. The number of halogens is 1. The molecule has 1 atom stereocenters. The highest BCUT2D eigenvalue weighted by molar-refractivity contribution is 6.31. The van der Waals surface area contributed by atoms with E-state index in [1.807, 2.05) is 12.1 Å². The Labute approximate surface area is 147 Å². The van der Waals surface area contributed by atoms with Gasteiger partial charge < -0.3 is 4.74 Å². The number of carbonyl (C=O) groups is 1. The molecule has 0 aliphatic carbocycles. The molecule has 0 radical (unpaired) electrons. The number of carbonyl (C=O) groups excluding carboxylic acids is 1. The van der Waals surface area contributed by atoms with E-state index >= 15 is 0 Å². The monoisotopic (exact) mass is 344 g/mol. The molecule has 24 heavy (non-hydrogen) atoms. The van der Waals surface area contributed by atoms with Crippen LogP contribution in [0.2, 0.25) is 5.02 Å². The van der Waals surface area contributed by atoms with Crippen LogP contribution in [0.5, 0.6) is 5.75 Å². The number of likely N-dealkylation sites (tertiary alicyclic amines) is 1. The van der Waals surface area contributed by atoms with Gasteiger partial charge in [0, 0.05) is 36.4 Å². The van der Waals surface area contributed by atoms with Crippen LogP contribution in [0.4, 0.5) is 0 Å². The topological polar surface area (TPSA) is 42.4 Å². The Morgan fingerprint density at radius 3 is 2.88 bits per heavy atom. The fraction of sp³-hybridized carbons (Fsp3) is 0.368. The molecule has 2 aromatic rings. The fourth-order valence-electron chi connectivity index (χ4n) is 3.25. The first-order valence-electron chi connectivity index (χ1n) is 8.16. The van der Waals surface area contributed by atoms with Crippen LogP contribution < -0.4 is 4.74 Å². The van der Waals surface area contributed by atoms with E-state index in [-0.39, 0.29) is 11.7 Å². The maximum Gasteiger partial charge on any atom is 0.170 e. The van der Waals surface area contributed by atoms with Crippen molar-refractivity contribution in [2.45, 2.75) is 19.4 Å². The Morgan fingerprint density at radius 2 is 2.12 bits per heavy atom. The Morgan fingerprint density at radius 1 is 1.33 bits per heavy atom. The van der Waals surface area contributed by atoms with Crippen molar-refractivity contribution in [3.63, 3.8) is 0 Å². The number of hydrogen-bond donors (Lipinski definition) is 0. The lowest BCUT2D eigenvalue weighted by Gasteiger charge is -2.32. The Kier molecular flexibility index (Phi) is 5.48. The average Bonchev–Trinajstić information content (AvgIpc) is 2.62. The lowest BCUT2D eigenvalue weighted by Crippen LogP contribution is -2.38. The summed E-state index contributed by atoms with van der Waals surface area (Å²) in [7, 11) is 1.58. The minimum absolute atomic E-state index is 0.0204. The van der Waals surface area contributed by atoms with Crippen LogP contribution in [0.25, 0.3) is 0 Å². The lowest BCUT2D eigenvalue weighted by molar-refractivity contribution is 0.0808. The number of hydrogen-bond acceptors (Lipinski definition) is 4. The summed E-state index contributed by atoms with van der Waals surface area (Å²) in [6, 6.07) is 9.25. The molecule has 4 nitrogen and oxygen atoms in total. The number of rotatable bonds is 5. The highest BCUT2D eigenvalue weighted by atomic mass is 35.5. The zero-order valence-corrected chi connectivity index (χ0v) is 14.5. The Balaban J connectivity index is 1.72. The minimum atomic E-state index is -0.0204. The van der Waals surface area contributed by atoms with Crippen LogP contribution in [0.15, 0.2) is 42.7 Å². The van der Waals surface area contributed by atoms with Gasteiger partial charge in [-0.15, -0.1) is 0 Å². The van der Waals surface area contributed by atoms with Crippen LogP contribution in [0.1, 0.15) is 28.8 Å². The van der Waals surface area contributed by atoms with Crippen molar-refractivity contribution in [3.05, 3.63) is 58.9 Å². The van der Waals surface area contributed by atoms with Crippen molar-refractivity contribution in [1.29, 1.82) is 0 Å². The zero-order valence-electron chi connectivity index (χ0n) is 13.7. The summed E-state index contributed by atoms with van der Waals surface area (Å²) < 4.78 is 5.33. The second-order valence-corrected chi connectivity index (χ2v) is 6.58. The molecule has 1 saturated heterocycles. The Bertz CT molecular complexity index is 706. The molecule has 1 aromatic carbocycles. The molecule has 1 aromatic heterocycles. The van der Waals surface area contributed by atoms with Crippen LogP contribution in [-0.2, 0) is 6.54 Å². The molecular weight excluding hydrogens is 324 g/mol. The van der Waals surface area contributed by atoms with Crippen LogP contribution >= 0.6 is 11.6 Å². The molecule has 1 fully saturated rings. The smallest absolute Gasteiger partial charge is 0.170 e. The first-order chi connectivity index (χ1) is 11.7. The van der Waals surface area contributed by atoms with Crippen LogP contribution in [0, 0.1) is 5.92 Å². The fourth-order valence-corrected chi connectivity index (χ4v) is 3.42. The molecule has 3 rings (SSSR count). The van der Waals surface area contributed by atoms with Gasteiger partial charge >= 0.3 is 0 Å². The third-order valence-corrected chi connectivity index (χ3v) is 4.69. The quantitative estimate of drug-likeness (QED) is 0.773. The molecule has 0 spiro atoms. The molecule has 0 N–H and O–H groups in total. The highest BCUT2D eigenvalue weighted by Gasteiger charge is 2.28. The van der Waals surface area contributed by atoms with Gasteiger partial charge in [0.2, 0.25) is 0 Å². The number of ether oxygens (including phenoxy) is 1. The maximum atomic E-state index is 13.0. The van der Waals surface area contributed by atoms with E-state index in [1.165, 1.54) is 5.56 Å². The SMILES string of the molecule is COc1ccc(Cl)cc1C(=O)[C@@H]1CCCN(Cc2ccncc2)C1. The molecule has 1 aliphatic heterocycles. The molecule has 0 amide bonds. The van der Waals surface area contributed by atoms with E-state index in [2.05, 4.69) is 9.88 Å². The summed E-state index contributed by atoms with van der Waals surface area (Å²) in [5.74, 6) is 0.692. The number of aromatic nitrogens is 1. The summed E-state index contributed by atoms with van der Waals surface area (Å²) in [5.41, 5.74) is 1.80. The number of benzene rings is 1. The van der Waals surface area contributed by atoms with E-state index in [0.717, 1.165) is 32.5 Å². The van der Waals surface area contributed by atoms with Gasteiger partial charge in [-0.2, -0.15) is 0 Å². The van der Waals surface area contributed by atoms with E-state index in [0.29, 0.717) is 16.3 Å². The van der Waals surface area contributed by atoms with Crippen molar-refractivity contribution >= 4 is 17.4 Å². The van der Waals surface area contributed by atoms with E-state index in [9.17, 15) is 4.79 Å². The van der Waals surface area contributed by atoms with E-state index < -0.39 is 0 Å². The van der Waals surface area contributed by atoms with Crippen molar-refractivity contribution in [1.82, 2.24) is 9.88 Å². The second kappa shape index (κ2) is 7.77. The first kappa shape index (κ1) is 16.9. The maximum absolute atomic E-state index is 13.0. The third-order valence-electron chi connectivity index (χ3n) is 4.46. The number of ketones is 1. The largest absolute Gasteiger partial charge is 0.496 e. The molecule has 0 bridgehead atoms. The van der Waals surface area contributed by atoms with Crippen molar-refractivity contribution in [2.24, 2.45) is 5.92 Å². The molecule has 1 aliphatic rings. The van der Waals surface area contributed by atoms with Gasteiger partial charge in [-0.3, -0.25) is 14.7 Å². The summed E-state index contributed by atoms with van der Waals surface area (Å²) >= 11 is 6.07. The van der Waals surface area contributed by atoms with Gasteiger partial charge in [-0.05, 0) is 55.3 Å². The number of piperidine rings is 1. The van der Waals surface area contributed by atoms with Crippen molar-refractivity contribution < 1.29 is 9.53 Å². The lowest BCUT2D eigenvalue weighted by atomic mass is 9.89. The third kappa shape index (κ3) is 3.94. The molecular formula is C19H21ClN2O2. The first-order valence-corrected chi connectivity index (χ1v) is 8.54. The van der Waals surface area contributed by atoms with Gasteiger partial charge in [0.25, 0.3) is 0 Å². The van der Waals surface area contributed by atoms with Crippen molar-refractivity contribution in [3.8, 4) is 5.75 Å². The summed E-state index contributed by atoms with van der Waals surface area (Å²) in [6.45, 7) is 2.62.